The Labute approximate surface area is 99.3 Å². The number of aryl methyl sites for hydroxylation is 1. The van der Waals surface area contributed by atoms with Crippen LogP contribution in [-0.2, 0) is 6.42 Å². The molecular weight excluding hydrogens is 196 g/mol. The minimum absolute atomic E-state index is 0.323. The largest absolute Gasteiger partial charge is 0.328 e. The van der Waals surface area contributed by atoms with Gasteiger partial charge in [-0.05, 0) is 37.3 Å². The average Bonchev–Trinajstić information content (AvgIpc) is 2.28. The fraction of sp³-hybridized carbons (Fsp3) is 0.643. The summed E-state index contributed by atoms with van der Waals surface area (Å²) in [6.45, 7) is 4.53. The van der Waals surface area contributed by atoms with Gasteiger partial charge in [0.2, 0.25) is 0 Å². The summed E-state index contributed by atoms with van der Waals surface area (Å²) in [5.74, 6) is 0.753. The van der Waals surface area contributed by atoms with E-state index in [4.69, 9.17) is 5.73 Å². The molecule has 1 rings (SSSR count). The van der Waals surface area contributed by atoms with E-state index in [0.717, 1.165) is 30.9 Å². The first-order valence-corrected chi connectivity index (χ1v) is 6.37. The van der Waals surface area contributed by atoms with Gasteiger partial charge in [0.15, 0.2) is 0 Å². The van der Waals surface area contributed by atoms with Gasteiger partial charge in [-0.25, -0.2) is 0 Å². The Balaban J connectivity index is 2.22. The van der Waals surface area contributed by atoms with Crippen LogP contribution in [0.2, 0.25) is 0 Å². The van der Waals surface area contributed by atoms with Crippen molar-refractivity contribution in [2.24, 2.45) is 11.7 Å². The number of nitrogens with two attached hydrogens (primary N) is 1. The molecule has 0 bridgehead atoms. The van der Waals surface area contributed by atoms with Crippen molar-refractivity contribution in [1.82, 2.24) is 4.98 Å². The average molecular weight is 220 g/mol. The fourth-order valence-corrected chi connectivity index (χ4v) is 2.12. The summed E-state index contributed by atoms with van der Waals surface area (Å²) < 4.78 is 0. The Kier molecular flexibility index (Phi) is 6.09. The van der Waals surface area contributed by atoms with Crippen molar-refractivity contribution in [2.75, 3.05) is 0 Å². The van der Waals surface area contributed by atoms with Crippen molar-refractivity contribution < 1.29 is 0 Å². The van der Waals surface area contributed by atoms with Crippen molar-refractivity contribution in [2.45, 2.75) is 52.0 Å². The summed E-state index contributed by atoms with van der Waals surface area (Å²) in [6, 6.07) is 6.38. The molecule has 0 saturated heterocycles. The van der Waals surface area contributed by atoms with Crippen molar-refractivity contribution in [3.63, 3.8) is 0 Å². The molecule has 0 spiro atoms. The van der Waals surface area contributed by atoms with Crippen LogP contribution < -0.4 is 5.73 Å². The molecule has 2 atom stereocenters. The predicted octanol–water partition coefficient (Wildman–Crippen LogP) is 3.17. The zero-order valence-electron chi connectivity index (χ0n) is 10.5. The Hall–Kier alpha value is -0.890. The van der Waals surface area contributed by atoms with Gasteiger partial charge >= 0.3 is 0 Å². The Morgan fingerprint density at radius 1 is 1.31 bits per heavy atom. The molecule has 1 aromatic rings. The maximum atomic E-state index is 6.12. The maximum absolute atomic E-state index is 6.12. The summed E-state index contributed by atoms with van der Waals surface area (Å²) in [5.41, 5.74) is 7.28. The first kappa shape index (κ1) is 13.2. The molecule has 0 amide bonds. The molecule has 0 radical (unpaired) electrons. The van der Waals surface area contributed by atoms with Crippen molar-refractivity contribution in [3.05, 3.63) is 30.1 Å². The number of rotatable bonds is 7. The van der Waals surface area contributed by atoms with E-state index in [9.17, 15) is 0 Å². The third-order valence-electron chi connectivity index (χ3n) is 2.98. The highest BCUT2D eigenvalue weighted by atomic mass is 14.7. The van der Waals surface area contributed by atoms with Crippen molar-refractivity contribution in [3.8, 4) is 0 Å². The second-order valence-corrected chi connectivity index (χ2v) is 4.75. The summed E-state index contributed by atoms with van der Waals surface area (Å²) >= 11 is 0. The highest BCUT2D eigenvalue weighted by Crippen LogP contribution is 2.14. The normalized spacial score (nSPS) is 14.7. The summed E-state index contributed by atoms with van der Waals surface area (Å²) in [4.78, 5) is 4.31. The zero-order chi connectivity index (χ0) is 11.8. The number of pyridine rings is 1. The number of aromatic nitrogens is 1. The summed E-state index contributed by atoms with van der Waals surface area (Å²) in [7, 11) is 0. The highest BCUT2D eigenvalue weighted by Gasteiger charge is 2.08. The second-order valence-electron chi connectivity index (χ2n) is 4.75. The lowest BCUT2D eigenvalue weighted by Gasteiger charge is -2.16. The van der Waals surface area contributed by atoms with Gasteiger partial charge in [-0.3, -0.25) is 4.98 Å². The molecule has 1 aromatic heterocycles. The monoisotopic (exact) mass is 220 g/mol. The highest BCUT2D eigenvalue weighted by molar-refractivity contribution is 5.03. The van der Waals surface area contributed by atoms with Crippen LogP contribution in [0.4, 0.5) is 0 Å². The van der Waals surface area contributed by atoms with E-state index in [1.807, 2.05) is 18.3 Å². The lowest BCUT2D eigenvalue weighted by molar-refractivity contribution is 0.419. The molecule has 0 aliphatic carbocycles. The van der Waals surface area contributed by atoms with E-state index in [0.29, 0.717) is 6.04 Å². The van der Waals surface area contributed by atoms with Crippen LogP contribution in [0.1, 0.15) is 45.2 Å². The quantitative estimate of drug-likeness (QED) is 0.766. The number of hydrogen-bond acceptors (Lipinski definition) is 2. The van der Waals surface area contributed by atoms with Gasteiger partial charge in [0, 0.05) is 17.9 Å². The molecule has 2 N–H and O–H groups in total. The molecule has 90 valence electrons. The fourth-order valence-electron chi connectivity index (χ4n) is 2.12. The van der Waals surface area contributed by atoms with Crippen LogP contribution in [0.3, 0.4) is 0 Å². The maximum Gasteiger partial charge on any atom is 0.0404 e. The minimum atomic E-state index is 0.323. The van der Waals surface area contributed by atoms with Crippen molar-refractivity contribution in [1.29, 1.82) is 0 Å². The lowest BCUT2D eigenvalue weighted by Crippen LogP contribution is -2.23. The van der Waals surface area contributed by atoms with Crippen LogP contribution in [0.5, 0.6) is 0 Å². The van der Waals surface area contributed by atoms with E-state index < -0.39 is 0 Å². The molecular formula is C14H24N2. The molecule has 2 nitrogen and oxygen atoms in total. The van der Waals surface area contributed by atoms with Crippen LogP contribution in [0.15, 0.2) is 24.4 Å². The smallest absolute Gasteiger partial charge is 0.0404 e. The summed E-state index contributed by atoms with van der Waals surface area (Å²) in [6.07, 6.45) is 7.58. The molecule has 0 saturated carbocycles. The molecule has 1 heterocycles. The third-order valence-corrected chi connectivity index (χ3v) is 2.98. The van der Waals surface area contributed by atoms with Gasteiger partial charge in [-0.1, -0.05) is 32.8 Å². The molecule has 0 fully saturated rings. The van der Waals surface area contributed by atoms with Gasteiger partial charge in [0.1, 0.15) is 0 Å². The van der Waals surface area contributed by atoms with Gasteiger partial charge in [0.25, 0.3) is 0 Å². The van der Waals surface area contributed by atoms with Crippen molar-refractivity contribution >= 4 is 0 Å². The van der Waals surface area contributed by atoms with E-state index in [1.54, 1.807) is 0 Å². The standard InChI is InChI=1S/C14H24N2/c1-3-6-12(2)11-13(15)8-9-14-7-4-5-10-16-14/h4-5,7,10,12-13H,3,6,8-9,11,15H2,1-2H3. The van der Waals surface area contributed by atoms with E-state index in [-0.39, 0.29) is 0 Å². The van der Waals surface area contributed by atoms with Gasteiger partial charge < -0.3 is 5.73 Å². The van der Waals surface area contributed by atoms with Gasteiger partial charge in [0.05, 0.1) is 0 Å². The van der Waals surface area contributed by atoms with Gasteiger partial charge in [-0.15, -0.1) is 0 Å². The molecule has 16 heavy (non-hydrogen) atoms. The Morgan fingerprint density at radius 3 is 2.75 bits per heavy atom. The molecule has 2 heteroatoms. The molecule has 0 aliphatic rings. The molecule has 0 aromatic carbocycles. The van der Waals surface area contributed by atoms with E-state index in [2.05, 4.69) is 24.9 Å². The molecule has 0 aliphatic heterocycles. The van der Waals surface area contributed by atoms with Crippen LogP contribution >= 0.6 is 0 Å². The minimum Gasteiger partial charge on any atom is -0.328 e. The van der Waals surface area contributed by atoms with Crippen LogP contribution in [0, 0.1) is 5.92 Å². The molecule has 2 unspecified atom stereocenters. The first-order chi connectivity index (χ1) is 7.72. The SMILES string of the molecule is CCCC(C)CC(N)CCc1ccccn1. The number of nitrogens with zero attached hydrogens (tertiary/aromatic N) is 1. The van der Waals surface area contributed by atoms with Gasteiger partial charge in [-0.2, -0.15) is 0 Å². The first-order valence-electron chi connectivity index (χ1n) is 6.37. The zero-order valence-corrected chi connectivity index (χ0v) is 10.5. The van der Waals surface area contributed by atoms with E-state index >= 15 is 0 Å². The predicted molar refractivity (Wildman–Crippen MR) is 69.2 cm³/mol. The van der Waals surface area contributed by atoms with Crippen LogP contribution in [0.25, 0.3) is 0 Å². The Bertz CT molecular complexity index is 271. The van der Waals surface area contributed by atoms with Crippen LogP contribution in [-0.4, -0.2) is 11.0 Å². The number of hydrogen-bond donors (Lipinski definition) is 1. The van der Waals surface area contributed by atoms with E-state index in [1.165, 1.54) is 12.8 Å². The summed E-state index contributed by atoms with van der Waals surface area (Å²) in [5, 5.41) is 0. The third kappa shape index (κ3) is 5.26. The second kappa shape index (κ2) is 7.39. The Morgan fingerprint density at radius 2 is 2.12 bits per heavy atom. The topological polar surface area (TPSA) is 38.9 Å². The lowest BCUT2D eigenvalue weighted by atomic mass is 9.95.